The van der Waals surface area contributed by atoms with Crippen molar-refractivity contribution < 1.29 is 22.4 Å². The van der Waals surface area contributed by atoms with Crippen LogP contribution in [-0.2, 0) is 10.0 Å². The molecule has 146 valence electrons. The lowest BCUT2D eigenvalue weighted by atomic mass is 10.1. The van der Waals surface area contributed by atoms with Crippen LogP contribution in [0.15, 0.2) is 39.8 Å². The Bertz CT molecular complexity index is 914. The Morgan fingerprint density at radius 2 is 1.85 bits per heavy atom. The van der Waals surface area contributed by atoms with Crippen molar-refractivity contribution >= 4 is 15.9 Å². The van der Waals surface area contributed by atoms with Gasteiger partial charge in [-0.1, -0.05) is 0 Å². The van der Waals surface area contributed by atoms with Crippen molar-refractivity contribution in [3.05, 3.63) is 47.4 Å². The number of rotatable bonds is 5. The zero-order valence-corrected chi connectivity index (χ0v) is 16.6. The summed E-state index contributed by atoms with van der Waals surface area (Å²) in [4.78, 5) is 14.2. The lowest BCUT2D eigenvalue weighted by Crippen LogP contribution is -2.50. The lowest BCUT2D eigenvalue weighted by Gasteiger charge is -2.34. The number of nitrogens with zero attached hydrogens (tertiary/aromatic N) is 2. The molecule has 1 aromatic carbocycles. The molecule has 1 aromatic heterocycles. The molecule has 1 fully saturated rings. The molecule has 0 aliphatic carbocycles. The summed E-state index contributed by atoms with van der Waals surface area (Å²) in [6.07, 6.45) is 1.45. The zero-order chi connectivity index (χ0) is 19.6. The fraction of sp³-hybridized carbons (Fsp3) is 0.421. The van der Waals surface area contributed by atoms with Gasteiger partial charge in [0.25, 0.3) is 5.91 Å². The first-order valence-electron chi connectivity index (χ1n) is 8.91. The van der Waals surface area contributed by atoms with Crippen LogP contribution in [0.3, 0.4) is 0 Å². The molecule has 7 nitrogen and oxygen atoms in total. The van der Waals surface area contributed by atoms with Crippen molar-refractivity contribution in [2.75, 3.05) is 32.8 Å². The van der Waals surface area contributed by atoms with Crippen LogP contribution >= 0.6 is 0 Å². The van der Waals surface area contributed by atoms with Crippen LogP contribution in [0.1, 0.15) is 28.6 Å². The SMILES string of the molecule is CCOc1cc(C)c(S(=O)(=O)N2CCN(C(=O)c3ccco3)CC2)cc1C. The molecule has 0 radical (unpaired) electrons. The van der Waals surface area contributed by atoms with E-state index in [-0.39, 0.29) is 29.7 Å². The fourth-order valence-corrected chi connectivity index (χ4v) is 4.89. The van der Waals surface area contributed by atoms with E-state index in [0.717, 1.165) is 5.56 Å². The quantitative estimate of drug-likeness (QED) is 0.781. The van der Waals surface area contributed by atoms with Gasteiger partial charge in [0.2, 0.25) is 10.0 Å². The molecule has 0 N–H and O–H groups in total. The summed E-state index contributed by atoms with van der Waals surface area (Å²) in [6, 6.07) is 6.70. The van der Waals surface area contributed by atoms with Crippen LogP contribution in [-0.4, -0.2) is 56.3 Å². The van der Waals surface area contributed by atoms with E-state index in [1.165, 1.54) is 10.6 Å². The second kappa shape index (κ2) is 7.74. The van der Waals surface area contributed by atoms with Crippen LogP contribution in [0.25, 0.3) is 0 Å². The van der Waals surface area contributed by atoms with Crippen molar-refractivity contribution in [2.24, 2.45) is 0 Å². The molecule has 8 heteroatoms. The Balaban J connectivity index is 1.75. The predicted molar refractivity (Wildman–Crippen MR) is 100 cm³/mol. The number of amides is 1. The van der Waals surface area contributed by atoms with Gasteiger partial charge >= 0.3 is 0 Å². The first-order valence-corrected chi connectivity index (χ1v) is 10.4. The third-order valence-corrected chi connectivity index (χ3v) is 6.69. The molecule has 27 heavy (non-hydrogen) atoms. The van der Waals surface area contributed by atoms with E-state index in [9.17, 15) is 13.2 Å². The van der Waals surface area contributed by atoms with Crippen molar-refractivity contribution in [1.29, 1.82) is 0 Å². The number of benzene rings is 1. The molecule has 2 heterocycles. The highest BCUT2D eigenvalue weighted by atomic mass is 32.2. The minimum absolute atomic E-state index is 0.217. The van der Waals surface area contributed by atoms with Crippen LogP contribution in [0, 0.1) is 13.8 Å². The average Bonchev–Trinajstić information content (AvgIpc) is 3.18. The predicted octanol–water partition coefficient (Wildman–Crippen LogP) is 2.44. The summed E-state index contributed by atoms with van der Waals surface area (Å²) < 4.78 is 38.3. The second-order valence-electron chi connectivity index (χ2n) is 6.49. The Hall–Kier alpha value is -2.32. The third kappa shape index (κ3) is 3.86. The molecule has 1 aliphatic rings. The second-order valence-corrected chi connectivity index (χ2v) is 8.40. The largest absolute Gasteiger partial charge is 0.494 e. The highest BCUT2D eigenvalue weighted by molar-refractivity contribution is 7.89. The first-order chi connectivity index (χ1) is 12.8. The van der Waals surface area contributed by atoms with E-state index in [4.69, 9.17) is 9.15 Å². The number of carbonyl (C=O) groups excluding carboxylic acids is 1. The number of hydrogen-bond donors (Lipinski definition) is 0. The Labute approximate surface area is 159 Å². The number of piperazine rings is 1. The van der Waals surface area contributed by atoms with Gasteiger partial charge in [-0.05, 0) is 56.2 Å². The number of hydrogen-bond acceptors (Lipinski definition) is 5. The van der Waals surface area contributed by atoms with Gasteiger partial charge < -0.3 is 14.1 Å². The minimum Gasteiger partial charge on any atom is -0.494 e. The summed E-state index contributed by atoms with van der Waals surface area (Å²) in [5.41, 5.74) is 1.44. The number of aryl methyl sites for hydroxylation is 2. The summed E-state index contributed by atoms with van der Waals surface area (Å²) in [7, 11) is -3.63. The highest BCUT2D eigenvalue weighted by Gasteiger charge is 2.32. The van der Waals surface area contributed by atoms with Crippen molar-refractivity contribution in [2.45, 2.75) is 25.7 Å². The van der Waals surface area contributed by atoms with E-state index >= 15 is 0 Å². The van der Waals surface area contributed by atoms with Gasteiger partial charge in [-0.2, -0.15) is 4.31 Å². The maximum absolute atomic E-state index is 13.1. The van der Waals surface area contributed by atoms with E-state index < -0.39 is 10.0 Å². The van der Waals surface area contributed by atoms with Gasteiger partial charge in [0.1, 0.15) is 5.75 Å². The van der Waals surface area contributed by atoms with Crippen molar-refractivity contribution in [3.8, 4) is 5.75 Å². The standard InChI is InChI=1S/C19H24N2O5S/c1-4-25-17-12-15(3)18(13-14(17)2)27(23,24)21-9-7-20(8-10-21)19(22)16-6-5-11-26-16/h5-6,11-13H,4,7-10H2,1-3H3. The molecule has 0 atom stereocenters. The molecule has 1 aliphatic heterocycles. The number of carbonyl (C=O) groups is 1. The molecule has 1 amide bonds. The molecule has 0 bridgehead atoms. The summed E-state index contributed by atoms with van der Waals surface area (Å²) in [6.45, 7) is 7.18. The fourth-order valence-electron chi connectivity index (χ4n) is 3.18. The molecule has 2 aromatic rings. The van der Waals surface area contributed by atoms with Crippen molar-refractivity contribution in [1.82, 2.24) is 9.21 Å². The normalized spacial score (nSPS) is 15.7. The van der Waals surface area contributed by atoms with E-state index in [1.54, 1.807) is 36.1 Å². The molecule has 0 saturated carbocycles. The van der Waals surface area contributed by atoms with Gasteiger partial charge in [-0.15, -0.1) is 0 Å². The van der Waals surface area contributed by atoms with Crippen LogP contribution in [0.5, 0.6) is 5.75 Å². The van der Waals surface area contributed by atoms with Gasteiger partial charge in [-0.3, -0.25) is 4.79 Å². The van der Waals surface area contributed by atoms with Gasteiger partial charge in [0.15, 0.2) is 5.76 Å². The van der Waals surface area contributed by atoms with Crippen LogP contribution in [0.4, 0.5) is 0 Å². The molecule has 1 saturated heterocycles. The Morgan fingerprint density at radius 3 is 2.44 bits per heavy atom. The zero-order valence-electron chi connectivity index (χ0n) is 15.8. The molecular weight excluding hydrogens is 368 g/mol. The number of sulfonamides is 1. The van der Waals surface area contributed by atoms with E-state index in [0.29, 0.717) is 31.0 Å². The van der Waals surface area contributed by atoms with Gasteiger partial charge in [0, 0.05) is 26.2 Å². The maximum atomic E-state index is 13.1. The molecular formula is C19H24N2O5S. The first kappa shape index (κ1) is 19.4. The topological polar surface area (TPSA) is 80.1 Å². The molecule has 0 spiro atoms. The number of furan rings is 1. The minimum atomic E-state index is -3.63. The third-order valence-electron chi connectivity index (χ3n) is 4.65. The van der Waals surface area contributed by atoms with Crippen LogP contribution in [0.2, 0.25) is 0 Å². The number of ether oxygens (including phenoxy) is 1. The average molecular weight is 392 g/mol. The monoisotopic (exact) mass is 392 g/mol. The van der Waals surface area contributed by atoms with E-state index in [1.807, 2.05) is 13.8 Å². The van der Waals surface area contributed by atoms with Crippen LogP contribution < -0.4 is 4.74 Å². The smallest absolute Gasteiger partial charge is 0.289 e. The van der Waals surface area contributed by atoms with Crippen molar-refractivity contribution in [3.63, 3.8) is 0 Å². The Kier molecular flexibility index (Phi) is 5.57. The van der Waals surface area contributed by atoms with Gasteiger partial charge in [0.05, 0.1) is 17.8 Å². The van der Waals surface area contributed by atoms with Gasteiger partial charge in [-0.25, -0.2) is 8.42 Å². The maximum Gasteiger partial charge on any atom is 0.289 e. The summed E-state index contributed by atoms with van der Waals surface area (Å²) in [5.74, 6) is 0.747. The Morgan fingerprint density at radius 1 is 1.15 bits per heavy atom. The summed E-state index contributed by atoms with van der Waals surface area (Å²) in [5, 5.41) is 0. The molecule has 3 rings (SSSR count). The van der Waals surface area contributed by atoms with E-state index in [2.05, 4.69) is 0 Å². The summed E-state index contributed by atoms with van der Waals surface area (Å²) >= 11 is 0. The highest BCUT2D eigenvalue weighted by Crippen LogP contribution is 2.28. The lowest BCUT2D eigenvalue weighted by molar-refractivity contribution is 0.0666. The molecule has 0 unspecified atom stereocenters.